The molecule has 2 heteroatoms. The maximum atomic E-state index is 2.56. The fourth-order valence-corrected chi connectivity index (χ4v) is 18.4. The van der Waals surface area contributed by atoms with Crippen molar-refractivity contribution in [2.45, 2.75) is 6.42 Å². The minimum Gasteiger partial charge on any atom is -0.0623 e. The van der Waals surface area contributed by atoms with Gasteiger partial charge in [0.15, 0.2) is 16.1 Å². The van der Waals surface area contributed by atoms with Crippen LogP contribution >= 0.6 is 0 Å². The van der Waals surface area contributed by atoms with E-state index >= 15 is 0 Å². The van der Waals surface area contributed by atoms with Gasteiger partial charge in [-0.05, 0) is 70.2 Å². The lowest BCUT2D eigenvalue weighted by Crippen LogP contribution is -2.74. The van der Waals surface area contributed by atoms with Crippen LogP contribution in [0, 0.1) is 0 Å². The highest BCUT2D eigenvalue weighted by Crippen LogP contribution is 2.36. The first kappa shape index (κ1) is 31.2. The summed E-state index contributed by atoms with van der Waals surface area (Å²) in [6.45, 7) is 0. The molecule has 0 nitrogen and oxygen atoms in total. The van der Waals surface area contributed by atoms with E-state index in [1.165, 1.54) is 63.7 Å². The topological polar surface area (TPSA) is 0 Å². The maximum absolute atomic E-state index is 2.61. The fraction of sp³-hybridized carbons (Fsp3) is 0.0204. The molecule has 0 unspecified atom stereocenters. The molecule has 0 spiro atoms. The van der Waals surface area contributed by atoms with Crippen molar-refractivity contribution in [3.8, 4) is 11.1 Å². The Balaban J connectivity index is 1.23. The van der Waals surface area contributed by atoms with Gasteiger partial charge in [-0.25, -0.2) is 0 Å². The Morgan fingerprint density at radius 1 is 0.235 bits per heavy atom. The first-order chi connectivity index (χ1) is 25.3. The third-order valence-electron chi connectivity index (χ3n) is 11.0. The Labute approximate surface area is 303 Å². The number of hydrogen-bond acceptors (Lipinski definition) is 0. The zero-order chi connectivity index (χ0) is 34.1. The monoisotopic (exact) mass is 682 g/mol. The number of hydrogen-bond donors (Lipinski definition) is 0. The molecule has 8 aromatic carbocycles. The van der Waals surface area contributed by atoms with Crippen LogP contribution in [0.2, 0.25) is 0 Å². The molecule has 0 amide bonds. The molecule has 1 aliphatic rings. The van der Waals surface area contributed by atoms with Crippen LogP contribution < -0.4 is 41.5 Å². The summed E-state index contributed by atoms with van der Waals surface area (Å²) in [6, 6.07) is 82.3. The zero-order valence-corrected chi connectivity index (χ0v) is 30.5. The lowest BCUT2D eigenvalue weighted by atomic mass is 10.1. The van der Waals surface area contributed by atoms with Crippen LogP contribution in [0.1, 0.15) is 11.1 Å². The van der Waals surface area contributed by atoms with Gasteiger partial charge in [0.1, 0.15) is 0 Å². The van der Waals surface area contributed by atoms with Crippen molar-refractivity contribution in [1.29, 1.82) is 0 Å². The van der Waals surface area contributed by atoms with Crippen molar-refractivity contribution >= 4 is 57.6 Å². The second kappa shape index (κ2) is 13.1. The summed E-state index contributed by atoms with van der Waals surface area (Å²) in [5.74, 6) is 0. The summed E-state index contributed by atoms with van der Waals surface area (Å²) in [5.41, 5.74) is 5.57. The lowest BCUT2D eigenvalue weighted by molar-refractivity contribution is 1.27. The van der Waals surface area contributed by atoms with Gasteiger partial charge in [-0.3, -0.25) is 0 Å². The van der Waals surface area contributed by atoms with Gasteiger partial charge in [0, 0.05) is 0 Å². The average molecular weight is 683 g/mol. The van der Waals surface area contributed by atoms with E-state index in [9.17, 15) is 0 Å². The summed E-state index contributed by atoms with van der Waals surface area (Å²) >= 11 is 0. The number of benzene rings is 8. The highest BCUT2D eigenvalue weighted by Gasteiger charge is 2.43. The molecule has 8 aromatic rings. The standard InChI is InChI=1S/C49H38Si2/c1-7-19-40(20-8-1)50(41-21-9-2-10-22-41,42-23-11-3-12-24-42)46-31-33-48-38(36-46)35-39-37-47(32-34-49(39)48)51(43-25-13-4-14-26-43,44-27-15-5-16-28-44)45-29-17-6-18-30-45/h1-34,36-37H,35H2. The minimum absolute atomic E-state index is 0.929. The van der Waals surface area contributed by atoms with Crippen LogP contribution in [-0.4, -0.2) is 16.1 Å². The quantitative estimate of drug-likeness (QED) is 0.136. The Morgan fingerprint density at radius 3 is 0.706 bits per heavy atom. The molecule has 0 fully saturated rings. The summed E-state index contributed by atoms with van der Waals surface area (Å²) in [7, 11) is -5.22. The van der Waals surface area contributed by atoms with Crippen LogP contribution in [0.3, 0.4) is 0 Å². The molecule has 242 valence electrons. The van der Waals surface area contributed by atoms with Gasteiger partial charge in [0.05, 0.1) is 0 Å². The van der Waals surface area contributed by atoms with Gasteiger partial charge in [0.2, 0.25) is 0 Å². The van der Waals surface area contributed by atoms with Crippen molar-refractivity contribution in [3.63, 3.8) is 0 Å². The molecule has 9 rings (SSSR count). The van der Waals surface area contributed by atoms with Crippen molar-refractivity contribution in [2.24, 2.45) is 0 Å². The molecular weight excluding hydrogens is 645 g/mol. The Bertz CT molecular complexity index is 2040. The first-order valence-electron chi connectivity index (χ1n) is 17.9. The second-order valence-electron chi connectivity index (χ2n) is 13.6. The average Bonchev–Trinajstić information content (AvgIpc) is 3.58. The van der Waals surface area contributed by atoms with Crippen molar-refractivity contribution in [1.82, 2.24) is 0 Å². The fourth-order valence-electron chi connectivity index (χ4n) is 8.81. The van der Waals surface area contributed by atoms with E-state index in [-0.39, 0.29) is 0 Å². The highest BCUT2D eigenvalue weighted by molar-refractivity contribution is 7.20. The summed E-state index contributed by atoms with van der Waals surface area (Å²) in [4.78, 5) is 0. The second-order valence-corrected chi connectivity index (χ2v) is 21.2. The molecule has 0 heterocycles. The minimum atomic E-state index is -2.61. The van der Waals surface area contributed by atoms with Crippen LogP contribution in [0.25, 0.3) is 11.1 Å². The molecule has 0 aliphatic heterocycles. The molecule has 0 N–H and O–H groups in total. The molecule has 1 aliphatic carbocycles. The Morgan fingerprint density at radius 2 is 0.471 bits per heavy atom. The molecule has 0 radical (unpaired) electrons. The molecule has 51 heavy (non-hydrogen) atoms. The predicted octanol–water partition coefficient (Wildman–Crippen LogP) is 6.01. The normalized spacial score (nSPS) is 12.2. The number of rotatable bonds is 8. The van der Waals surface area contributed by atoms with Crippen molar-refractivity contribution in [3.05, 3.63) is 230 Å². The highest BCUT2D eigenvalue weighted by atomic mass is 28.3. The van der Waals surface area contributed by atoms with E-state index in [2.05, 4.69) is 218 Å². The largest absolute Gasteiger partial charge is 0.179 e. The third kappa shape index (κ3) is 5.10. The van der Waals surface area contributed by atoms with Crippen LogP contribution in [0.4, 0.5) is 0 Å². The number of fused-ring (bicyclic) bond motifs is 3. The third-order valence-corrected chi connectivity index (χ3v) is 20.5. The first-order valence-corrected chi connectivity index (χ1v) is 21.9. The molecule has 0 saturated carbocycles. The Hall–Kier alpha value is -5.81. The van der Waals surface area contributed by atoms with E-state index < -0.39 is 16.1 Å². The van der Waals surface area contributed by atoms with Gasteiger partial charge in [0.25, 0.3) is 0 Å². The van der Waals surface area contributed by atoms with E-state index in [0.717, 1.165) is 6.42 Å². The lowest BCUT2D eigenvalue weighted by Gasteiger charge is -2.34. The smallest absolute Gasteiger partial charge is 0.0623 e. The van der Waals surface area contributed by atoms with E-state index in [4.69, 9.17) is 0 Å². The SMILES string of the molecule is c1ccc([Si](c2ccccc2)(c2ccccc2)c2ccc3c(c2)Cc2cc([Si](c4ccccc4)(c4ccccc4)c4ccccc4)ccc2-3)cc1. The maximum Gasteiger partial charge on any atom is 0.179 e. The van der Waals surface area contributed by atoms with Crippen molar-refractivity contribution in [2.75, 3.05) is 0 Å². The van der Waals surface area contributed by atoms with Gasteiger partial charge in [-0.2, -0.15) is 0 Å². The van der Waals surface area contributed by atoms with E-state index in [1.807, 2.05) is 0 Å². The molecular formula is C49H38Si2. The van der Waals surface area contributed by atoms with Crippen LogP contribution in [0.5, 0.6) is 0 Å². The van der Waals surface area contributed by atoms with Crippen molar-refractivity contribution < 1.29 is 0 Å². The van der Waals surface area contributed by atoms with Gasteiger partial charge < -0.3 is 0 Å². The summed E-state index contributed by atoms with van der Waals surface area (Å²) in [5, 5.41) is 11.3. The zero-order valence-electron chi connectivity index (χ0n) is 28.5. The Kier molecular flexibility index (Phi) is 8.04. The van der Waals surface area contributed by atoms with Gasteiger partial charge in [-0.1, -0.05) is 218 Å². The predicted molar refractivity (Wildman–Crippen MR) is 222 cm³/mol. The molecule has 0 atom stereocenters. The van der Waals surface area contributed by atoms with Gasteiger partial charge >= 0.3 is 0 Å². The molecule has 0 saturated heterocycles. The molecule has 0 aromatic heterocycles. The van der Waals surface area contributed by atoms with Crippen LogP contribution in [0.15, 0.2) is 218 Å². The van der Waals surface area contributed by atoms with E-state index in [0.29, 0.717) is 0 Å². The molecule has 0 bridgehead atoms. The summed E-state index contributed by atoms with van der Waals surface area (Å²) in [6.07, 6.45) is 0.929. The van der Waals surface area contributed by atoms with E-state index in [1.54, 1.807) is 0 Å². The van der Waals surface area contributed by atoms with Crippen LogP contribution in [-0.2, 0) is 6.42 Å². The van der Waals surface area contributed by atoms with Gasteiger partial charge in [-0.15, -0.1) is 0 Å². The summed E-state index contributed by atoms with van der Waals surface area (Å²) < 4.78 is 0.